The Kier molecular flexibility index (Phi) is 8.56. The second kappa shape index (κ2) is 11.4. The van der Waals surface area contributed by atoms with Gasteiger partial charge >= 0.3 is 0 Å². The van der Waals surface area contributed by atoms with Crippen LogP contribution in [-0.2, 0) is 4.79 Å². The van der Waals surface area contributed by atoms with E-state index < -0.39 is 0 Å². The first-order valence-corrected chi connectivity index (χ1v) is 12.2. The lowest BCUT2D eigenvalue weighted by Gasteiger charge is -2.38. The molecule has 3 N–H and O–H groups in total. The molecule has 0 aromatic heterocycles. The number of hydrogen-bond acceptors (Lipinski definition) is 4. The van der Waals surface area contributed by atoms with E-state index in [1.807, 2.05) is 19.9 Å². The molecule has 1 aliphatic heterocycles. The van der Waals surface area contributed by atoms with Gasteiger partial charge in [-0.05, 0) is 75.3 Å². The molecule has 178 valence electrons. The highest BCUT2D eigenvalue weighted by atomic mass is 16.2. The maximum Gasteiger partial charge on any atom is 0.242 e. The minimum atomic E-state index is 0.172. The van der Waals surface area contributed by atoms with Crippen LogP contribution in [0.1, 0.15) is 47.6 Å². The molecule has 1 aliphatic rings. The van der Waals surface area contributed by atoms with Crippen LogP contribution >= 0.6 is 0 Å². The first-order valence-electron chi connectivity index (χ1n) is 12.2. The molecule has 0 unspecified atom stereocenters. The third-order valence-electron chi connectivity index (χ3n) is 7.23. The molecule has 1 fully saturated rings. The van der Waals surface area contributed by atoms with Gasteiger partial charge in [-0.25, -0.2) is 0 Å². The number of nitrogens with two attached hydrogens (primary N) is 1. The fraction of sp³-hybridized carbons (Fsp3) is 0.464. The Morgan fingerprint density at radius 1 is 1.06 bits per heavy atom. The minimum absolute atomic E-state index is 0.172. The maximum absolute atomic E-state index is 13.1. The second-order valence-electron chi connectivity index (χ2n) is 9.17. The number of nitrogen functional groups attached to an aromatic ring is 1. The summed E-state index contributed by atoms with van der Waals surface area (Å²) in [5.74, 6) is 0.172. The zero-order valence-corrected chi connectivity index (χ0v) is 20.9. The number of amides is 1. The Morgan fingerprint density at radius 2 is 1.67 bits per heavy atom. The molecule has 0 bridgehead atoms. The van der Waals surface area contributed by atoms with Crippen LogP contribution < -0.4 is 11.1 Å². The van der Waals surface area contributed by atoms with E-state index in [9.17, 15) is 4.79 Å². The molecule has 0 spiro atoms. The molecule has 2 aromatic rings. The van der Waals surface area contributed by atoms with Crippen LogP contribution in [0.3, 0.4) is 0 Å². The number of benzene rings is 2. The fourth-order valence-corrected chi connectivity index (χ4v) is 4.83. The van der Waals surface area contributed by atoms with Gasteiger partial charge in [0.1, 0.15) is 0 Å². The van der Waals surface area contributed by atoms with Crippen molar-refractivity contribution < 1.29 is 4.79 Å². The number of carbonyl (C=O) groups is 1. The van der Waals surface area contributed by atoms with Crippen LogP contribution in [0.4, 0.5) is 11.4 Å². The molecule has 0 saturated carbocycles. The smallest absolute Gasteiger partial charge is 0.242 e. The summed E-state index contributed by atoms with van der Waals surface area (Å²) in [5, 5.41) is 3.43. The van der Waals surface area contributed by atoms with Gasteiger partial charge in [-0.15, -0.1) is 0 Å². The van der Waals surface area contributed by atoms with Crippen molar-refractivity contribution in [2.24, 2.45) is 0 Å². The van der Waals surface area contributed by atoms with E-state index in [0.717, 1.165) is 72.6 Å². The highest BCUT2D eigenvalue weighted by Crippen LogP contribution is 2.32. The van der Waals surface area contributed by atoms with E-state index in [-0.39, 0.29) is 5.91 Å². The van der Waals surface area contributed by atoms with Gasteiger partial charge in [0.15, 0.2) is 0 Å². The van der Waals surface area contributed by atoms with Crippen LogP contribution in [0.5, 0.6) is 0 Å². The molecule has 5 nitrogen and oxygen atoms in total. The zero-order chi connectivity index (χ0) is 24.0. The first kappa shape index (κ1) is 24.8. The third-order valence-corrected chi connectivity index (χ3v) is 7.23. The third kappa shape index (κ3) is 5.97. The number of carbonyl (C=O) groups excluding carboxylic acids is 1. The number of piperidine rings is 1. The molecule has 1 saturated heterocycles. The number of anilines is 2. The average Bonchev–Trinajstić information content (AvgIpc) is 2.83. The maximum atomic E-state index is 13.1. The Morgan fingerprint density at radius 3 is 2.24 bits per heavy atom. The monoisotopic (exact) mass is 448 g/mol. The summed E-state index contributed by atoms with van der Waals surface area (Å²) in [4.78, 5) is 17.7. The van der Waals surface area contributed by atoms with Gasteiger partial charge in [-0.1, -0.05) is 42.5 Å². The summed E-state index contributed by atoms with van der Waals surface area (Å²) in [7, 11) is 0. The fourth-order valence-electron chi connectivity index (χ4n) is 4.83. The molecule has 0 atom stereocenters. The van der Waals surface area contributed by atoms with Crippen LogP contribution in [0.2, 0.25) is 0 Å². The Hall–Kier alpha value is -2.79. The van der Waals surface area contributed by atoms with Gasteiger partial charge in [0.2, 0.25) is 5.91 Å². The van der Waals surface area contributed by atoms with Gasteiger partial charge in [0.25, 0.3) is 0 Å². The summed E-state index contributed by atoms with van der Waals surface area (Å²) >= 11 is 0. The molecule has 1 heterocycles. The Balaban J connectivity index is 1.53. The summed E-state index contributed by atoms with van der Waals surface area (Å²) < 4.78 is 0. The van der Waals surface area contributed by atoms with E-state index in [1.165, 1.54) is 5.56 Å². The molecule has 33 heavy (non-hydrogen) atoms. The van der Waals surface area contributed by atoms with E-state index in [1.54, 1.807) is 0 Å². The lowest BCUT2D eigenvalue weighted by molar-refractivity contribution is -0.132. The molecule has 1 amide bonds. The minimum Gasteiger partial charge on any atom is -0.398 e. The van der Waals surface area contributed by atoms with Crippen LogP contribution in [0.25, 0.3) is 6.08 Å². The number of nitrogens with zero attached hydrogens (tertiary/aromatic N) is 2. The molecule has 0 radical (unpaired) electrons. The molecule has 3 rings (SSSR count). The largest absolute Gasteiger partial charge is 0.398 e. The summed E-state index contributed by atoms with van der Waals surface area (Å²) in [6, 6.07) is 10.7. The summed E-state index contributed by atoms with van der Waals surface area (Å²) in [6.45, 7) is 14.4. The lowest BCUT2D eigenvalue weighted by Crippen LogP contribution is -2.48. The normalized spacial score (nSPS) is 15.2. The number of nitrogens with one attached hydrogen (secondary N) is 1. The van der Waals surface area contributed by atoms with E-state index >= 15 is 0 Å². The van der Waals surface area contributed by atoms with Gasteiger partial charge in [0, 0.05) is 43.6 Å². The highest BCUT2D eigenvalue weighted by Gasteiger charge is 2.26. The van der Waals surface area contributed by atoms with Crippen LogP contribution in [-0.4, -0.2) is 54.5 Å². The molecule has 5 heteroatoms. The summed E-state index contributed by atoms with van der Waals surface area (Å²) in [6.07, 6.45) is 6.47. The average molecular weight is 449 g/mol. The highest BCUT2D eigenvalue weighted by molar-refractivity contribution is 5.83. The lowest BCUT2D eigenvalue weighted by atomic mass is 9.96. The van der Waals surface area contributed by atoms with Crippen molar-refractivity contribution in [3.63, 3.8) is 0 Å². The van der Waals surface area contributed by atoms with Crippen molar-refractivity contribution in [3.8, 4) is 0 Å². The zero-order valence-electron chi connectivity index (χ0n) is 20.9. The molecule has 2 aromatic carbocycles. The Bertz CT molecular complexity index is 946. The predicted octanol–water partition coefficient (Wildman–Crippen LogP) is 4.94. The van der Waals surface area contributed by atoms with E-state index in [0.29, 0.717) is 12.6 Å². The van der Waals surface area contributed by atoms with Crippen LogP contribution in [0, 0.1) is 27.7 Å². The van der Waals surface area contributed by atoms with Gasteiger partial charge in [-0.3, -0.25) is 9.69 Å². The number of rotatable bonds is 8. The van der Waals surface area contributed by atoms with Crippen molar-refractivity contribution in [2.75, 3.05) is 43.8 Å². The van der Waals surface area contributed by atoms with E-state index in [4.69, 9.17) is 5.73 Å². The second-order valence-corrected chi connectivity index (χ2v) is 9.17. The standard InChI is InChI=1S/C28H40N4O/c1-6-32(26(33)19-30-28-22(4)20(2)27(29)21(3)23(28)5)25-14-17-31(18-15-25)16-10-13-24-11-8-7-9-12-24/h7-13,25,30H,6,14-19,29H2,1-5H3. The topological polar surface area (TPSA) is 61.6 Å². The SMILES string of the molecule is CCN(C(=O)CNc1c(C)c(C)c(N)c(C)c1C)C1CCN(CC=Cc2ccccc2)CC1. The summed E-state index contributed by atoms with van der Waals surface area (Å²) in [5.41, 5.74) is 13.8. The van der Waals surface area contributed by atoms with Crippen molar-refractivity contribution in [3.05, 3.63) is 64.2 Å². The molecular weight excluding hydrogens is 408 g/mol. The number of likely N-dealkylation sites (tertiary alicyclic amines) is 1. The van der Waals surface area contributed by atoms with Crippen molar-refractivity contribution in [1.82, 2.24) is 9.80 Å². The van der Waals surface area contributed by atoms with Crippen molar-refractivity contribution in [1.29, 1.82) is 0 Å². The van der Waals surface area contributed by atoms with Gasteiger partial charge in [0.05, 0.1) is 6.54 Å². The van der Waals surface area contributed by atoms with Gasteiger partial charge < -0.3 is 16.0 Å². The molecular formula is C28H40N4O. The van der Waals surface area contributed by atoms with Crippen LogP contribution in [0.15, 0.2) is 36.4 Å². The first-order chi connectivity index (χ1) is 15.8. The van der Waals surface area contributed by atoms with Crippen molar-refractivity contribution in [2.45, 2.75) is 53.5 Å². The molecule has 0 aliphatic carbocycles. The predicted molar refractivity (Wildman–Crippen MR) is 141 cm³/mol. The Labute approximate surface area is 199 Å². The van der Waals surface area contributed by atoms with Crippen molar-refractivity contribution >= 4 is 23.4 Å². The number of hydrogen-bond donors (Lipinski definition) is 2. The number of likely N-dealkylation sites (N-methyl/N-ethyl adjacent to an activating group) is 1. The quantitative estimate of drug-likeness (QED) is 0.562. The van der Waals surface area contributed by atoms with E-state index in [2.05, 4.69) is 72.3 Å². The van der Waals surface area contributed by atoms with Gasteiger partial charge in [-0.2, -0.15) is 0 Å².